The fraction of sp³-hybridized carbons (Fsp3) is 0.440. The highest BCUT2D eigenvalue weighted by Crippen LogP contribution is 2.37. The van der Waals surface area contributed by atoms with Gasteiger partial charge in [0.25, 0.3) is 0 Å². The van der Waals surface area contributed by atoms with Gasteiger partial charge in [-0.15, -0.1) is 0 Å². The van der Waals surface area contributed by atoms with Crippen molar-refractivity contribution in [1.29, 1.82) is 0 Å². The lowest BCUT2D eigenvalue weighted by atomic mass is 9.77. The fourth-order valence-corrected chi connectivity index (χ4v) is 4.07. The van der Waals surface area contributed by atoms with Crippen LogP contribution in [0.15, 0.2) is 36.4 Å². The molecule has 2 aromatic rings. The lowest BCUT2D eigenvalue weighted by molar-refractivity contribution is 0.308. The minimum atomic E-state index is -0.984. The van der Waals surface area contributed by atoms with E-state index >= 15 is 0 Å². The molecule has 0 aliphatic heterocycles. The Morgan fingerprint density at radius 2 is 1.61 bits per heavy atom. The fourth-order valence-electron chi connectivity index (χ4n) is 4.07. The van der Waals surface area contributed by atoms with Gasteiger partial charge >= 0.3 is 0 Å². The van der Waals surface area contributed by atoms with Crippen LogP contribution in [-0.4, -0.2) is 6.61 Å². The third-order valence-electron chi connectivity index (χ3n) is 5.61. The minimum absolute atomic E-state index is 0.0410. The molecule has 0 aromatic heterocycles. The summed E-state index contributed by atoms with van der Waals surface area (Å²) in [5.74, 6) is 5.18. The topological polar surface area (TPSA) is 9.23 Å². The van der Waals surface area contributed by atoms with Crippen molar-refractivity contribution < 1.29 is 13.5 Å². The van der Waals surface area contributed by atoms with Crippen LogP contribution in [0.2, 0.25) is 0 Å². The first-order valence-electron chi connectivity index (χ1n) is 10.3. The Hall–Kier alpha value is -2.34. The van der Waals surface area contributed by atoms with Crippen LogP contribution >= 0.6 is 0 Å². The summed E-state index contributed by atoms with van der Waals surface area (Å²) >= 11 is 0. The molecule has 1 aliphatic carbocycles. The van der Waals surface area contributed by atoms with E-state index in [1.165, 1.54) is 56.2 Å². The maximum Gasteiger partial charge on any atom is 0.201 e. The van der Waals surface area contributed by atoms with Crippen LogP contribution in [0.1, 0.15) is 75.0 Å². The Bertz CT molecular complexity index is 837. The van der Waals surface area contributed by atoms with Gasteiger partial charge in [0.1, 0.15) is 0 Å². The van der Waals surface area contributed by atoms with E-state index in [-0.39, 0.29) is 17.9 Å². The van der Waals surface area contributed by atoms with Crippen molar-refractivity contribution in [3.05, 3.63) is 64.7 Å². The average Bonchev–Trinajstić information content (AvgIpc) is 2.72. The molecule has 148 valence electrons. The summed E-state index contributed by atoms with van der Waals surface area (Å²) in [6, 6.07) is 11.1. The van der Waals surface area contributed by atoms with Crippen LogP contribution < -0.4 is 4.74 Å². The van der Waals surface area contributed by atoms with Crippen LogP contribution in [0.25, 0.3) is 0 Å². The van der Waals surface area contributed by atoms with Gasteiger partial charge in [-0.3, -0.25) is 0 Å². The predicted molar refractivity (Wildman–Crippen MR) is 110 cm³/mol. The maximum atomic E-state index is 14.1. The molecule has 0 N–H and O–H groups in total. The summed E-state index contributed by atoms with van der Waals surface area (Å²) in [4.78, 5) is 0. The van der Waals surface area contributed by atoms with Gasteiger partial charge < -0.3 is 4.74 Å². The number of halogens is 2. The number of ether oxygens (including phenoxy) is 1. The Labute approximate surface area is 167 Å². The van der Waals surface area contributed by atoms with Gasteiger partial charge in [-0.05, 0) is 74.3 Å². The molecule has 0 saturated heterocycles. The van der Waals surface area contributed by atoms with Gasteiger partial charge in [-0.2, -0.15) is 4.39 Å². The van der Waals surface area contributed by atoms with Crippen molar-refractivity contribution in [2.75, 3.05) is 6.61 Å². The number of hydrogen-bond acceptors (Lipinski definition) is 1. The third-order valence-corrected chi connectivity index (χ3v) is 5.61. The first-order chi connectivity index (χ1) is 13.6. The van der Waals surface area contributed by atoms with Gasteiger partial charge in [-0.25, -0.2) is 4.39 Å². The molecule has 1 nitrogen and oxygen atoms in total. The second-order valence-corrected chi connectivity index (χ2v) is 7.55. The summed E-state index contributed by atoms with van der Waals surface area (Å²) in [6.45, 7) is 4.28. The predicted octanol–water partition coefficient (Wildman–Crippen LogP) is 6.84. The van der Waals surface area contributed by atoms with Crippen molar-refractivity contribution in [2.45, 2.75) is 58.3 Å². The highest BCUT2D eigenvalue weighted by Gasteiger charge is 2.21. The highest BCUT2D eigenvalue weighted by atomic mass is 19.2. The normalized spacial score (nSPS) is 19.0. The van der Waals surface area contributed by atoms with E-state index in [0.29, 0.717) is 5.92 Å². The maximum absolute atomic E-state index is 14.1. The smallest absolute Gasteiger partial charge is 0.201 e. The molecule has 3 rings (SSSR count). The van der Waals surface area contributed by atoms with Gasteiger partial charge in [0, 0.05) is 5.56 Å². The molecule has 0 atom stereocenters. The molecule has 0 radical (unpaired) electrons. The van der Waals surface area contributed by atoms with Gasteiger partial charge in [0.2, 0.25) is 5.82 Å². The van der Waals surface area contributed by atoms with Crippen molar-refractivity contribution in [2.24, 2.45) is 5.92 Å². The zero-order valence-electron chi connectivity index (χ0n) is 16.7. The molecule has 0 heterocycles. The van der Waals surface area contributed by atoms with E-state index in [0.717, 1.165) is 11.5 Å². The lowest BCUT2D eigenvalue weighted by Crippen LogP contribution is -2.13. The summed E-state index contributed by atoms with van der Waals surface area (Å²) in [6.07, 6.45) is 7.79. The van der Waals surface area contributed by atoms with Crippen molar-refractivity contribution in [3.8, 4) is 17.6 Å². The summed E-state index contributed by atoms with van der Waals surface area (Å²) < 4.78 is 33.1. The molecular weight excluding hydrogens is 354 g/mol. The molecule has 28 heavy (non-hydrogen) atoms. The molecule has 1 aliphatic rings. The molecular formula is C25H28F2O. The van der Waals surface area contributed by atoms with Crippen molar-refractivity contribution in [3.63, 3.8) is 0 Å². The minimum Gasteiger partial charge on any atom is -0.491 e. The zero-order valence-corrected chi connectivity index (χ0v) is 16.7. The van der Waals surface area contributed by atoms with E-state index in [2.05, 4.69) is 30.9 Å². The van der Waals surface area contributed by atoms with E-state index in [1.54, 1.807) is 6.92 Å². The van der Waals surface area contributed by atoms with Crippen molar-refractivity contribution >= 4 is 0 Å². The molecule has 2 aromatic carbocycles. The van der Waals surface area contributed by atoms with Crippen LogP contribution in [-0.2, 0) is 0 Å². The second kappa shape index (κ2) is 9.73. The molecule has 0 unspecified atom stereocenters. The van der Waals surface area contributed by atoms with Crippen LogP contribution in [0.5, 0.6) is 5.75 Å². The standard InChI is InChI=1S/C25H28F2O/c1-3-5-18-6-11-20(12-7-18)21-13-8-19(9-14-21)10-15-22-16-17-23(28-4-2)25(27)24(22)26/h8-9,13-14,16-18,20H,3-7,11-12H2,1-2H3. The Balaban J connectivity index is 1.67. The van der Waals surface area contributed by atoms with Crippen LogP contribution in [0, 0.1) is 29.4 Å². The summed E-state index contributed by atoms with van der Waals surface area (Å²) in [5, 5.41) is 0. The van der Waals surface area contributed by atoms with E-state index < -0.39 is 11.6 Å². The molecule has 1 saturated carbocycles. The van der Waals surface area contributed by atoms with E-state index in [4.69, 9.17) is 4.74 Å². The lowest BCUT2D eigenvalue weighted by Gasteiger charge is -2.28. The van der Waals surface area contributed by atoms with Crippen molar-refractivity contribution in [1.82, 2.24) is 0 Å². The Kier molecular flexibility index (Phi) is 7.09. The zero-order chi connectivity index (χ0) is 19.9. The summed E-state index contributed by atoms with van der Waals surface area (Å²) in [5.41, 5.74) is 2.20. The van der Waals surface area contributed by atoms with E-state index in [1.807, 2.05) is 12.1 Å². The second-order valence-electron chi connectivity index (χ2n) is 7.55. The molecule has 0 bridgehead atoms. The SMILES string of the molecule is CCCC1CCC(c2ccc(C#Cc3ccc(OCC)c(F)c3F)cc2)CC1. The van der Waals surface area contributed by atoms with E-state index in [9.17, 15) is 8.78 Å². The molecule has 3 heteroatoms. The van der Waals surface area contributed by atoms with Gasteiger partial charge in [0.15, 0.2) is 11.6 Å². The van der Waals surface area contributed by atoms with Gasteiger partial charge in [-0.1, -0.05) is 43.7 Å². The Morgan fingerprint density at radius 3 is 2.25 bits per heavy atom. The third kappa shape index (κ3) is 4.93. The summed E-state index contributed by atoms with van der Waals surface area (Å²) in [7, 11) is 0. The first kappa shape index (κ1) is 20.4. The largest absolute Gasteiger partial charge is 0.491 e. The van der Waals surface area contributed by atoms with Crippen LogP contribution in [0.4, 0.5) is 8.78 Å². The average molecular weight is 382 g/mol. The first-order valence-corrected chi connectivity index (χ1v) is 10.3. The monoisotopic (exact) mass is 382 g/mol. The number of benzene rings is 2. The number of hydrogen-bond donors (Lipinski definition) is 0. The quantitative estimate of drug-likeness (QED) is 0.515. The molecule has 0 amide bonds. The van der Waals surface area contributed by atoms with Crippen LogP contribution in [0.3, 0.4) is 0 Å². The molecule has 1 fully saturated rings. The number of rotatable bonds is 5. The Morgan fingerprint density at radius 1 is 0.893 bits per heavy atom. The molecule has 0 spiro atoms. The highest BCUT2D eigenvalue weighted by molar-refractivity contribution is 5.46. The van der Waals surface area contributed by atoms with Gasteiger partial charge in [0.05, 0.1) is 12.2 Å².